The van der Waals surface area contributed by atoms with Crippen molar-refractivity contribution in [1.82, 2.24) is 0 Å². The van der Waals surface area contributed by atoms with Crippen LogP contribution < -0.4 is 5.32 Å². The number of nitrogens with one attached hydrogen (secondary N) is 1. The molecule has 0 aliphatic carbocycles. The van der Waals surface area contributed by atoms with E-state index in [1.807, 2.05) is 6.92 Å². The average molecular weight is 405 g/mol. The minimum Gasteiger partial charge on any atom is -0.454 e. The number of nitrogens with zero attached hydrogens (tertiary/aromatic N) is 1. The van der Waals surface area contributed by atoms with Crippen LogP contribution in [0.3, 0.4) is 0 Å². The van der Waals surface area contributed by atoms with Crippen LogP contribution in [0.2, 0.25) is 5.02 Å². The van der Waals surface area contributed by atoms with Crippen molar-refractivity contribution in [3.05, 3.63) is 68.7 Å². The molecule has 0 unspecified atom stereocenters. The summed E-state index contributed by atoms with van der Waals surface area (Å²) in [5.74, 6) is -1.45. The third kappa shape index (κ3) is 5.62. The van der Waals surface area contributed by atoms with Crippen LogP contribution in [-0.4, -0.2) is 29.2 Å². The lowest BCUT2D eigenvalue weighted by Crippen LogP contribution is -2.15. The second-order valence-electron chi connectivity index (χ2n) is 5.80. The fraction of sp³-hybridized carbons (Fsp3) is 0.211. The van der Waals surface area contributed by atoms with E-state index in [1.54, 1.807) is 12.1 Å². The molecule has 9 heteroatoms. The summed E-state index contributed by atoms with van der Waals surface area (Å²) in [6.07, 6.45) is 1.13. The van der Waals surface area contributed by atoms with Crippen molar-refractivity contribution in [2.45, 2.75) is 19.8 Å². The molecule has 1 N–H and O–H groups in total. The van der Waals surface area contributed by atoms with Crippen molar-refractivity contribution in [3.63, 3.8) is 0 Å². The van der Waals surface area contributed by atoms with Crippen LogP contribution in [0.1, 0.15) is 40.5 Å². The number of carbonyl (C=O) groups is 3. The number of hydrogen-bond acceptors (Lipinski definition) is 6. The lowest BCUT2D eigenvalue weighted by molar-refractivity contribution is -0.384. The number of Topliss-reactive ketones (excluding diaryl/α,β-unsaturated/α-hetero) is 1. The molecule has 1 amide bonds. The number of carbonyl (C=O) groups excluding carboxylic acids is 3. The fourth-order valence-electron chi connectivity index (χ4n) is 2.27. The molecule has 0 spiro atoms. The Morgan fingerprint density at radius 3 is 2.36 bits per heavy atom. The lowest BCUT2D eigenvalue weighted by atomic mass is 10.1. The monoisotopic (exact) mass is 404 g/mol. The smallest absolute Gasteiger partial charge is 0.338 e. The maximum atomic E-state index is 12.2. The summed E-state index contributed by atoms with van der Waals surface area (Å²) in [5.41, 5.74) is 0.338. The van der Waals surface area contributed by atoms with Crippen molar-refractivity contribution in [2.75, 3.05) is 11.9 Å². The highest BCUT2D eigenvalue weighted by Gasteiger charge is 2.18. The Hall–Kier alpha value is -3.26. The van der Waals surface area contributed by atoms with E-state index in [1.165, 1.54) is 24.3 Å². The maximum absolute atomic E-state index is 12.2. The standard InChI is InChI=1S/C19H17ClN2O6/c1-2-3-18(24)21-14-7-4-12(5-8-14)17(23)11-28-19(25)13-6-9-15(20)16(10-13)22(26)27/h4-10H,2-3,11H2,1H3,(H,21,24). The minimum absolute atomic E-state index is 0.0853. The number of rotatable bonds is 8. The molecule has 0 atom stereocenters. The quantitative estimate of drug-likeness (QED) is 0.307. The summed E-state index contributed by atoms with van der Waals surface area (Å²) in [4.78, 5) is 45.9. The maximum Gasteiger partial charge on any atom is 0.338 e. The van der Waals surface area contributed by atoms with Gasteiger partial charge in [0.25, 0.3) is 5.69 Å². The van der Waals surface area contributed by atoms with Gasteiger partial charge < -0.3 is 10.1 Å². The normalized spacial score (nSPS) is 10.2. The Kier molecular flexibility index (Phi) is 7.22. The van der Waals surface area contributed by atoms with Crippen molar-refractivity contribution >= 4 is 40.6 Å². The molecule has 2 aromatic carbocycles. The largest absolute Gasteiger partial charge is 0.454 e. The first-order valence-electron chi connectivity index (χ1n) is 8.36. The number of nitro groups is 1. The van der Waals surface area contributed by atoms with Crippen LogP contribution >= 0.6 is 11.6 Å². The van der Waals surface area contributed by atoms with Gasteiger partial charge in [-0.1, -0.05) is 18.5 Å². The summed E-state index contributed by atoms with van der Waals surface area (Å²) in [6, 6.07) is 9.63. The molecule has 28 heavy (non-hydrogen) atoms. The van der Waals surface area contributed by atoms with Gasteiger partial charge in [-0.25, -0.2) is 4.79 Å². The van der Waals surface area contributed by atoms with E-state index in [2.05, 4.69) is 5.32 Å². The molecule has 2 rings (SSSR count). The molecule has 0 aromatic heterocycles. The zero-order chi connectivity index (χ0) is 20.7. The number of halogens is 1. The zero-order valence-electron chi connectivity index (χ0n) is 14.9. The van der Waals surface area contributed by atoms with Gasteiger partial charge in [-0.3, -0.25) is 19.7 Å². The van der Waals surface area contributed by atoms with Crippen LogP contribution in [0.25, 0.3) is 0 Å². The van der Waals surface area contributed by atoms with Gasteiger partial charge in [0, 0.05) is 23.7 Å². The molecular weight excluding hydrogens is 388 g/mol. The predicted octanol–water partition coefficient (Wildman–Crippen LogP) is 4.03. The average Bonchev–Trinajstić information content (AvgIpc) is 2.66. The SMILES string of the molecule is CCCC(=O)Nc1ccc(C(=O)COC(=O)c2ccc(Cl)c([N+](=O)[O-])c2)cc1. The van der Waals surface area contributed by atoms with Gasteiger partial charge in [0.15, 0.2) is 12.4 Å². The second-order valence-corrected chi connectivity index (χ2v) is 6.21. The van der Waals surface area contributed by atoms with Crippen LogP contribution in [0.5, 0.6) is 0 Å². The summed E-state index contributed by atoms with van der Waals surface area (Å²) in [5, 5.41) is 13.5. The van der Waals surface area contributed by atoms with Crippen molar-refractivity contribution in [2.24, 2.45) is 0 Å². The first-order chi connectivity index (χ1) is 13.3. The molecule has 8 nitrogen and oxygen atoms in total. The Morgan fingerprint density at radius 1 is 1.11 bits per heavy atom. The number of anilines is 1. The first kappa shape index (κ1) is 21.0. The number of benzene rings is 2. The molecule has 146 valence electrons. The van der Waals surface area contributed by atoms with Crippen LogP contribution in [0.15, 0.2) is 42.5 Å². The van der Waals surface area contributed by atoms with Gasteiger partial charge in [-0.15, -0.1) is 0 Å². The number of esters is 1. The number of hydrogen-bond donors (Lipinski definition) is 1. The number of nitro benzene ring substituents is 1. The highest BCUT2D eigenvalue weighted by atomic mass is 35.5. The molecule has 0 saturated heterocycles. The van der Waals surface area contributed by atoms with Gasteiger partial charge in [0.2, 0.25) is 5.91 Å². The van der Waals surface area contributed by atoms with E-state index in [0.717, 1.165) is 12.5 Å². The van der Waals surface area contributed by atoms with E-state index in [0.29, 0.717) is 17.7 Å². The molecule has 0 heterocycles. The fourth-order valence-corrected chi connectivity index (χ4v) is 2.45. The van der Waals surface area contributed by atoms with Crippen LogP contribution in [-0.2, 0) is 9.53 Å². The predicted molar refractivity (Wildman–Crippen MR) is 103 cm³/mol. The highest BCUT2D eigenvalue weighted by Crippen LogP contribution is 2.25. The molecular formula is C19H17ClN2O6. The van der Waals surface area contributed by atoms with Crippen LogP contribution in [0, 0.1) is 10.1 Å². The van der Waals surface area contributed by atoms with Crippen LogP contribution in [0.4, 0.5) is 11.4 Å². The number of amides is 1. The van der Waals surface area contributed by atoms with E-state index in [4.69, 9.17) is 16.3 Å². The van der Waals surface area contributed by atoms with E-state index >= 15 is 0 Å². The summed E-state index contributed by atoms with van der Waals surface area (Å²) in [6.45, 7) is 1.36. The third-order valence-electron chi connectivity index (χ3n) is 3.68. The molecule has 0 fully saturated rings. The summed E-state index contributed by atoms with van der Waals surface area (Å²) in [7, 11) is 0. The topological polar surface area (TPSA) is 116 Å². The highest BCUT2D eigenvalue weighted by molar-refractivity contribution is 6.32. The molecule has 2 aromatic rings. The lowest BCUT2D eigenvalue weighted by Gasteiger charge is -2.07. The number of ketones is 1. The Labute approximate surface area is 165 Å². The van der Waals surface area contributed by atoms with Crippen molar-refractivity contribution in [1.29, 1.82) is 0 Å². The molecule has 0 bridgehead atoms. The first-order valence-corrected chi connectivity index (χ1v) is 8.73. The minimum atomic E-state index is -0.878. The van der Waals surface area contributed by atoms with E-state index in [9.17, 15) is 24.5 Å². The Morgan fingerprint density at radius 2 is 1.75 bits per heavy atom. The zero-order valence-corrected chi connectivity index (χ0v) is 15.7. The van der Waals surface area contributed by atoms with E-state index < -0.39 is 29.0 Å². The van der Waals surface area contributed by atoms with Gasteiger partial charge in [-0.2, -0.15) is 0 Å². The van der Waals surface area contributed by atoms with Gasteiger partial charge in [-0.05, 0) is 42.8 Å². The van der Waals surface area contributed by atoms with E-state index in [-0.39, 0.29) is 16.5 Å². The number of ether oxygens (including phenoxy) is 1. The summed E-state index contributed by atoms with van der Waals surface area (Å²) >= 11 is 5.69. The van der Waals surface area contributed by atoms with Gasteiger partial charge in [0.05, 0.1) is 10.5 Å². The van der Waals surface area contributed by atoms with Gasteiger partial charge >= 0.3 is 5.97 Å². The summed E-state index contributed by atoms with van der Waals surface area (Å²) < 4.78 is 4.92. The Balaban J connectivity index is 1.96. The third-order valence-corrected chi connectivity index (χ3v) is 4.00. The van der Waals surface area contributed by atoms with Crippen molar-refractivity contribution < 1.29 is 24.0 Å². The molecule has 0 aliphatic rings. The molecule has 0 saturated carbocycles. The molecule has 0 radical (unpaired) electrons. The second kappa shape index (κ2) is 9.61. The molecule has 0 aliphatic heterocycles. The van der Waals surface area contributed by atoms with Crippen molar-refractivity contribution in [3.8, 4) is 0 Å². The Bertz CT molecular complexity index is 911. The van der Waals surface area contributed by atoms with Gasteiger partial charge in [0.1, 0.15) is 5.02 Å².